The van der Waals surface area contributed by atoms with Gasteiger partial charge in [0.2, 0.25) is 23.1 Å². The molecule has 0 radical (unpaired) electrons. The molecule has 0 aliphatic heterocycles. The number of benzene rings is 12. The van der Waals surface area contributed by atoms with Crippen LogP contribution in [0.2, 0.25) is 15.1 Å². The smallest absolute Gasteiger partial charge is 0.297 e. The van der Waals surface area contributed by atoms with Crippen molar-refractivity contribution in [3.05, 3.63) is 372 Å². The molecular formula is C107H83Cl3O20S4. The van der Waals surface area contributed by atoms with Gasteiger partial charge in [0.25, 0.3) is 25.9 Å². The van der Waals surface area contributed by atoms with Crippen LogP contribution in [0.5, 0.6) is 69.0 Å². The van der Waals surface area contributed by atoms with Crippen LogP contribution in [-0.4, -0.2) is 69.4 Å². The predicted molar refractivity (Wildman–Crippen MR) is 531 cm³/mol. The largest absolute Gasteiger partial charge is 0.508 e. The van der Waals surface area contributed by atoms with Gasteiger partial charge in [0.15, 0.2) is 23.0 Å². The molecule has 0 unspecified atom stereocenters. The van der Waals surface area contributed by atoms with Crippen molar-refractivity contribution in [1.82, 2.24) is 0 Å². The monoisotopic (exact) mass is 1920 g/mol. The first-order valence-electron chi connectivity index (χ1n) is 41.1. The zero-order valence-electron chi connectivity index (χ0n) is 73.6. The van der Waals surface area contributed by atoms with Gasteiger partial charge < -0.3 is 58.3 Å². The van der Waals surface area contributed by atoms with Gasteiger partial charge in [-0.25, -0.2) is 0 Å². The highest BCUT2D eigenvalue weighted by Gasteiger charge is 2.30. The summed E-state index contributed by atoms with van der Waals surface area (Å²) in [5, 5.41) is 43.6. The first-order valence-corrected chi connectivity index (χ1v) is 45.4. The molecule has 0 spiro atoms. The molecular weight excluding hydrogens is 1840 g/mol. The fraction of sp³-hybridized carbons (Fsp3) is 0.103. The van der Waals surface area contributed by atoms with Crippen molar-refractivity contribution in [2.75, 3.05) is 0 Å². The predicted octanol–water partition coefficient (Wildman–Crippen LogP) is 28.4. The van der Waals surface area contributed by atoms with Crippen LogP contribution in [0.15, 0.2) is 231 Å². The number of fused-ring (bicyclic) bond motifs is 4. The van der Waals surface area contributed by atoms with Crippen LogP contribution in [0.1, 0.15) is 144 Å². The van der Waals surface area contributed by atoms with E-state index in [2.05, 4.69) is 18.9 Å². The lowest BCUT2D eigenvalue weighted by atomic mass is 10.0. The molecule has 16 aromatic rings. The van der Waals surface area contributed by atoms with Crippen molar-refractivity contribution in [2.24, 2.45) is 0 Å². The standard InChI is InChI=1S/C28H24O5S.C27H22O5S.C26H18Cl2O5S.C26H19ClO5S/c1-16-5-7-23(17(2)11-16)26(31)28-27(24-8-6-20(30)14-25(24)34-28)33-21-12-18(3)22(19(4)13-21)9-10-32-15-29;1-16-4-8-22(18(3)12-16)25(30)27-26(23-9-6-20(29)14-24(23)33-27)32-21-7-5-19(17(2)13-21)10-11-31-15-28;1-14-3-5-18(15(2)9-14)24(31)26-25(20-6-4-16(30)10-23(20)34-26)33-17-11-21(27)19(22(28)12-17)7-8-32-13-29;1-15-3-7-20(16(2)11-15)24(30)26-25(21-8-5-18(29)12-23(21)33-26)32-19-6-4-17(22(27)13-19)9-10-31-14-28/h5-15,30H,1-4H3;4-15,29H,1-3H3;3-13,30H,1-2H3;3-14,29H,1-2H3/b10-9+;11-10+;8-7+;10-9+. The zero-order valence-corrected chi connectivity index (χ0v) is 79.2. The summed E-state index contributed by atoms with van der Waals surface area (Å²) in [7, 11) is 0. The van der Waals surface area contributed by atoms with Crippen molar-refractivity contribution in [3.63, 3.8) is 0 Å². The van der Waals surface area contributed by atoms with E-state index in [-0.39, 0.29) is 62.6 Å². The zero-order chi connectivity index (χ0) is 95.9. The third kappa shape index (κ3) is 22.9. The molecule has 0 aliphatic carbocycles. The molecule has 676 valence electrons. The average Bonchev–Trinajstić information content (AvgIpc) is 1.63. The van der Waals surface area contributed by atoms with Gasteiger partial charge in [-0.05, 0) is 265 Å². The Morgan fingerprint density at radius 3 is 0.843 bits per heavy atom. The van der Waals surface area contributed by atoms with Crippen LogP contribution in [0.3, 0.4) is 0 Å². The minimum absolute atomic E-state index is 0.0885. The first kappa shape index (κ1) is 96.8. The van der Waals surface area contributed by atoms with Gasteiger partial charge in [-0.2, -0.15) is 0 Å². The van der Waals surface area contributed by atoms with Crippen molar-refractivity contribution in [2.45, 2.75) is 76.2 Å². The second-order valence-corrected chi connectivity index (χ2v) is 36.3. The van der Waals surface area contributed by atoms with Crippen LogP contribution in [0, 0.1) is 76.2 Å². The third-order valence-corrected chi connectivity index (χ3v) is 26.5. The number of ketones is 4. The van der Waals surface area contributed by atoms with E-state index in [1.54, 1.807) is 127 Å². The van der Waals surface area contributed by atoms with Crippen LogP contribution in [0.4, 0.5) is 0 Å². The molecule has 12 aromatic carbocycles. The van der Waals surface area contributed by atoms with Gasteiger partial charge in [0.1, 0.15) is 65.5 Å². The van der Waals surface area contributed by atoms with Crippen molar-refractivity contribution in [3.8, 4) is 69.0 Å². The number of rotatable bonds is 28. The van der Waals surface area contributed by atoms with E-state index in [4.69, 9.17) is 53.8 Å². The fourth-order valence-electron chi connectivity index (χ4n) is 14.7. The van der Waals surface area contributed by atoms with E-state index in [1.807, 2.05) is 167 Å². The first-order chi connectivity index (χ1) is 64.3. The number of thiophene rings is 4. The van der Waals surface area contributed by atoms with Crippen LogP contribution < -0.4 is 18.9 Å². The maximum atomic E-state index is 13.6. The summed E-state index contributed by atoms with van der Waals surface area (Å²) in [4.78, 5) is 97.3. The van der Waals surface area contributed by atoms with E-state index in [0.717, 1.165) is 97.2 Å². The lowest BCUT2D eigenvalue weighted by Gasteiger charge is -2.12. The van der Waals surface area contributed by atoms with Crippen LogP contribution in [-0.2, 0) is 38.1 Å². The lowest BCUT2D eigenvalue weighted by Crippen LogP contribution is -2.03. The molecule has 0 fully saturated rings. The molecule has 16 rings (SSSR count). The van der Waals surface area contributed by atoms with Crippen molar-refractivity contribution >= 4 is 194 Å². The summed E-state index contributed by atoms with van der Waals surface area (Å²) in [5.41, 5.74) is 15.9. The maximum Gasteiger partial charge on any atom is 0.297 e. The molecule has 27 heteroatoms. The van der Waals surface area contributed by atoms with E-state index < -0.39 is 0 Å². The Labute approximate surface area is 801 Å². The molecule has 134 heavy (non-hydrogen) atoms. The summed E-state index contributed by atoms with van der Waals surface area (Å²) >= 11 is 24.2. The van der Waals surface area contributed by atoms with Crippen molar-refractivity contribution in [1.29, 1.82) is 0 Å². The number of hydrogen-bond donors (Lipinski definition) is 4. The highest BCUT2D eigenvalue weighted by molar-refractivity contribution is 7.22. The number of phenolic OH excluding ortho intramolecular Hbond substituents is 4. The lowest BCUT2D eigenvalue weighted by molar-refractivity contribution is -0.124. The molecule has 4 aromatic heterocycles. The van der Waals surface area contributed by atoms with Gasteiger partial charge in [0, 0.05) is 86.4 Å². The fourth-order valence-corrected chi connectivity index (χ4v) is 20.0. The topological polar surface area (TPSA) is 291 Å². The van der Waals surface area contributed by atoms with Crippen LogP contribution in [0.25, 0.3) is 64.6 Å². The van der Waals surface area contributed by atoms with Gasteiger partial charge in [0.05, 0.1) is 40.1 Å². The molecule has 4 heterocycles. The normalized spacial score (nSPS) is 11.1. The Hall–Kier alpha value is -14.7. The maximum absolute atomic E-state index is 13.6. The number of hydrogen-bond acceptors (Lipinski definition) is 24. The number of phenols is 4. The summed E-state index contributed by atoms with van der Waals surface area (Å²) < 4.78 is 46.3. The number of halogens is 3. The molecule has 0 bridgehead atoms. The molecule has 0 amide bonds. The molecule has 4 N–H and O–H groups in total. The molecule has 0 saturated carbocycles. The summed E-state index contributed by atoms with van der Waals surface area (Å²) in [5.74, 6) is 3.50. The summed E-state index contributed by atoms with van der Waals surface area (Å²) in [6.07, 6.45) is 11.5. The van der Waals surface area contributed by atoms with Crippen molar-refractivity contribution < 1.29 is 96.7 Å². The SMILES string of the molecule is Cc1ccc(C(=O)c2sc3cc(O)ccc3c2Oc2cc(C)c(/C=C/OC=O)c(C)c2)c(C)c1.Cc1ccc(C(=O)c2sc3cc(O)ccc3c2Oc2cc(Cl)c(/C=C/OC=O)c(Cl)c2)c(C)c1.Cc1ccc(C(=O)c2sc3cc(O)ccc3c2Oc2ccc(/C=C/OC=O)c(C)c2)c(C)c1.Cc1ccc(C(=O)c2sc3cc(O)ccc3c2Oc2ccc(/C=C/OC=O)c(Cl)c2)c(C)c1. The molecule has 20 nitrogen and oxygen atoms in total. The quantitative estimate of drug-likeness (QED) is 0.0153. The van der Waals surface area contributed by atoms with Gasteiger partial charge in [-0.3, -0.25) is 38.4 Å². The average molecular weight is 1920 g/mol. The second-order valence-electron chi connectivity index (χ2n) is 30.9. The minimum Gasteiger partial charge on any atom is -0.508 e. The van der Waals surface area contributed by atoms with Gasteiger partial charge in [-0.15, -0.1) is 45.3 Å². The van der Waals surface area contributed by atoms with Crippen LogP contribution >= 0.6 is 80.1 Å². The number of carbonyl (C=O) groups excluding carboxylic acids is 8. The highest BCUT2D eigenvalue weighted by Crippen LogP contribution is 2.49. The molecule has 0 saturated heterocycles. The van der Waals surface area contributed by atoms with E-state index in [9.17, 15) is 58.8 Å². The Morgan fingerprint density at radius 2 is 0.537 bits per heavy atom. The number of aromatic hydroxyl groups is 4. The summed E-state index contributed by atoms with van der Waals surface area (Å²) in [6, 6.07) is 59.9. The number of aryl methyl sites for hydroxylation is 11. The third-order valence-electron chi connectivity index (χ3n) is 21.1. The summed E-state index contributed by atoms with van der Waals surface area (Å²) in [6.45, 7) is 22.7. The Bertz CT molecular complexity index is 6970. The van der Waals surface area contributed by atoms with E-state index >= 15 is 0 Å². The number of ether oxygens (including phenoxy) is 8. The van der Waals surface area contributed by atoms with E-state index in [0.29, 0.717) is 139 Å². The number of carbonyl (C=O) groups is 8. The highest BCUT2D eigenvalue weighted by atomic mass is 35.5. The Kier molecular flexibility index (Phi) is 31.5. The second kappa shape index (κ2) is 43.5. The van der Waals surface area contributed by atoms with Gasteiger partial charge in [-0.1, -0.05) is 136 Å². The molecule has 0 atom stereocenters. The Morgan fingerprint density at radius 1 is 0.269 bits per heavy atom. The van der Waals surface area contributed by atoms with E-state index in [1.165, 1.54) is 82.5 Å². The Balaban J connectivity index is 0.000000152. The minimum atomic E-state index is -0.184. The van der Waals surface area contributed by atoms with Gasteiger partial charge >= 0.3 is 0 Å². The molecule has 0 aliphatic rings.